The topological polar surface area (TPSA) is 15.3 Å². The maximum Gasteiger partial charge on any atom is 0.126 e. The van der Waals surface area contributed by atoms with Crippen LogP contribution in [0.5, 0.6) is 0 Å². The molecule has 1 aliphatic heterocycles. The van der Waals surface area contributed by atoms with Crippen LogP contribution in [0, 0.1) is 11.7 Å². The summed E-state index contributed by atoms with van der Waals surface area (Å²) in [6.45, 7) is 5.51. The van der Waals surface area contributed by atoms with Crippen molar-refractivity contribution in [1.29, 1.82) is 0 Å². The molecule has 1 unspecified atom stereocenters. The van der Waals surface area contributed by atoms with Crippen molar-refractivity contribution in [2.24, 2.45) is 5.92 Å². The molecule has 1 fully saturated rings. The largest absolute Gasteiger partial charge is 0.314 e. The zero-order valence-electron chi connectivity index (χ0n) is 12.0. The number of nitrogens with one attached hydrogen (secondary N) is 1. The molecular weight excluding hydrogens is 239 g/mol. The predicted octanol–water partition coefficient (Wildman–Crippen LogP) is 2.69. The van der Waals surface area contributed by atoms with Crippen molar-refractivity contribution < 1.29 is 4.39 Å². The summed E-state index contributed by atoms with van der Waals surface area (Å²) in [6, 6.07) is 7.58. The molecule has 3 heteroatoms. The van der Waals surface area contributed by atoms with Gasteiger partial charge in [-0.3, -0.25) is 0 Å². The molecule has 106 valence electrons. The molecule has 19 heavy (non-hydrogen) atoms. The van der Waals surface area contributed by atoms with E-state index in [1.54, 1.807) is 6.07 Å². The van der Waals surface area contributed by atoms with Gasteiger partial charge in [0.1, 0.15) is 5.82 Å². The van der Waals surface area contributed by atoms with E-state index in [2.05, 4.69) is 24.2 Å². The zero-order valence-corrected chi connectivity index (χ0v) is 12.0. The predicted molar refractivity (Wildman–Crippen MR) is 77.8 cm³/mol. The average molecular weight is 264 g/mol. The second-order valence-electron chi connectivity index (χ2n) is 5.72. The van der Waals surface area contributed by atoms with Gasteiger partial charge in [-0.25, -0.2) is 4.39 Å². The Morgan fingerprint density at radius 3 is 2.68 bits per heavy atom. The molecule has 1 atom stereocenters. The third-order valence-electron chi connectivity index (χ3n) is 4.29. The molecule has 1 saturated heterocycles. The second-order valence-corrected chi connectivity index (χ2v) is 5.72. The highest BCUT2D eigenvalue weighted by atomic mass is 19.1. The first-order valence-electron chi connectivity index (χ1n) is 7.32. The van der Waals surface area contributed by atoms with Gasteiger partial charge in [0.25, 0.3) is 0 Å². The van der Waals surface area contributed by atoms with Gasteiger partial charge in [0.15, 0.2) is 0 Å². The Labute approximate surface area is 116 Å². The van der Waals surface area contributed by atoms with E-state index in [9.17, 15) is 4.39 Å². The van der Waals surface area contributed by atoms with Crippen molar-refractivity contribution in [2.45, 2.75) is 32.2 Å². The zero-order chi connectivity index (χ0) is 13.7. The molecule has 0 aliphatic carbocycles. The van der Waals surface area contributed by atoms with Gasteiger partial charge in [-0.2, -0.15) is 0 Å². The van der Waals surface area contributed by atoms with Crippen molar-refractivity contribution in [2.75, 3.05) is 26.7 Å². The lowest BCUT2D eigenvalue weighted by Gasteiger charge is -2.33. The minimum atomic E-state index is -0.0868. The molecule has 2 rings (SSSR count). The summed E-state index contributed by atoms with van der Waals surface area (Å²) in [6.07, 6.45) is 3.30. The molecule has 0 radical (unpaired) electrons. The maximum atomic E-state index is 13.5. The highest BCUT2D eigenvalue weighted by Crippen LogP contribution is 2.19. The Balaban J connectivity index is 1.72. The van der Waals surface area contributed by atoms with Gasteiger partial charge in [0, 0.05) is 6.04 Å². The fraction of sp³-hybridized carbons (Fsp3) is 0.625. The number of halogens is 1. The standard InChI is InChI=1S/C16H25FN2/c1-13(14-8-11-19(2)12-9-14)18-10-7-15-5-3-4-6-16(15)17/h3-6,13-14,18H,7-12H2,1-2H3. The normalized spacial score (nSPS) is 19.5. The minimum absolute atomic E-state index is 0.0868. The van der Waals surface area contributed by atoms with Crippen molar-refractivity contribution in [3.8, 4) is 0 Å². The number of nitrogens with zero attached hydrogens (tertiary/aromatic N) is 1. The minimum Gasteiger partial charge on any atom is -0.314 e. The van der Waals surface area contributed by atoms with Crippen LogP contribution < -0.4 is 5.32 Å². The summed E-state index contributed by atoms with van der Waals surface area (Å²) >= 11 is 0. The fourth-order valence-corrected chi connectivity index (χ4v) is 2.83. The summed E-state index contributed by atoms with van der Waals surface area (Å²) in [7, 11) is 2.19. The number of hydrogen-bond donors (Lipinski definition) is 1. The van der Waals surface area contributed by atoms with Gasteiger partial charge in [-0.1, -0.05) is 18.2 Å². The molecule has 0 bridgehead atoms. The molecule has 1 N–H and O–H groups in total. The Hall–Kier alpha value is -0.930. The van der Waals surface area contributed by atoms with Crippen LogP contribution >= 0.6 is 0 Å². The number of piperidine rings is 1. The monoisotopic (exact) mass is 264 g/mol. The van der Waals surface area contributed by atoms with Crippen LogP contribution in [0.25, 0.3) is 0 Å². The second kappa shape index (κ2) is 7.01. The van der Waals surface area contributed by atoms with Crippen molar-refractivity contribution in [3.05, 3.63) is 35.6 Å². The first kappa shape index (κ1) is 14.5. The molecular formula is C16H25FN2. The number of benzene rings is 1. The third-order valence-corrected chi connectivity index (χ3v) is 4.29. The molecule has 1 heterocycles. The van der Waals surface area contributed by atoms with E-state index in [0.29, 0.717) is 6.04 Å². The van der Waals surface area contributed by atoms with Crippen LogP contribution in [-0.2, 0) is 6.42 Å². The van der Waals surface area contributed by atoms with Gasteiger partial charge >= 0.3 is 0 Å². The molecule has 0 amide bonds. The first-order chi connectivity index (χ1) is 9.16. The van der Waals surface area contributed by atoms with E-state index in [-0.39, 0.29) is 5.82 Å². The van der Waals surface area contributed by atoms with E-state index < -0.39 is 0 Å². The Morgan fingerprint density at radius 2 is 2.00 bits per heavy atom. The van der Waals surface area contributed by atoms with Gasteiger partial charge in [-0.15, -0.1) is 0 Å². The van der Waals surface area contributed by atoms with Crippen LogP contribution in [0.4, 0.5) is 4.39 Å². The van der Waals surface area contributed by atoms with Gasteiger partial charge < -0.3 is 10.2 Å². The molecule has 0 saturated carbocycles. The van der Waals surface area contributed by atoms with E-state index in [1.807, 2.05) is 12.1 Å². The lowest BCUT2D eigenvalue weighted by atomic mass is 9.90. The van der Waals surface area contributed by atoms with E-state index in [4.69, 9.17) is 0 Å². The van der Waals surface area contributed by atoms with Crippen molar-refractivity contribution >= 4 is 0 Å². The highest BCUT2D eigenvalue weighted by molar-refractivity contribution is 5.17. The quantitative estimate of drug-likeness (QED) is 0.879. The Kier molecular flexibility index (Phi) is 5.34. The molecule has 2 nitrogen and oxygen atoms in total. The van der Waals surface area contributed by atoms with Crippen molar-refractivity contribution in [1.82, 2.24) is 10.2 Å². The lowest BCUT2D eigenvalue weighted by molar-refractivity contribution is 0.190. The number of likely N-dealkylation sites (tertiary alicyclic amines) is 1. The first-order valence-corrected chi connectivity index (χ1v) is 7.32. The fourth-order valence-electron chi connectivity index (χ4n) is 2.83. The van der Waals surface area contributed by atoms with Crippen molar-refractivity contribution in [3.63, 3.8) is 0 Å². The maximum absolute atomic E-state index is 13.5. The number of rotatable bonds is 5. The number of hydrogen-bond acceptors (Lipinski definition) is 2. The van der Waals surface area contributed by atoms with Gasteiger partial charge in [-0.05, 0) is 70.4 Å². The van der Waals surface area contributed by atoms with Crippen LogP contribution in [0.2, 0.25) is 0 Å². The Bertz CT molecular complexity index is 386. The summed E-state index contributed by atoms with van der Waals surface area (Å²) < 4.78 is 13.5. The molecule has 0 spiro atoms. The average Bonchev–Trinajstić information content (AvgIpc) is 2.41. The summed E-state index contributed by atoms with van der Waals surface area (Å²) in [5.74, 6) is 0.674. The third kappa shape index (κ3) is 4.29. The Morgan fingerprint density at radius 1 is 1.32 bits per heavy atom. The SMILES string of the molecule is CC(NCCc1ccccc1F)C1CCN(C)CC1. The van der Waals surface area contributed by atoms with E-state index in [0.717, 1.165) is 24.4 Å². The van der Waals surface area contributed by atoms with Gasteiger partial charge in [0.2, 0.25) is 0 Å². The smallest absolute Gasteiger partial charge is 0.126 e. The molecule has 1 aromatic rings. The van der Waals surface area contributed by atoms with Crippen LogP contribution in [0.1, 0.15) is 25.3 Å². The molecule has 0 aromatic heterocycles. The van der Waals surface area contributed by atoms with E-state index in [1.165, 1.54) is 32.0 Å². The van der Waals surface area contributed by atoms with Crippen LogP contribution in [-0.4, -0.2) is 37.6 Å². The van der Waals surface area contributed by atoms with Crippen LogP contribution in [0.15, 0.2) is 24.3 Å². The molecule has 1 aliphatic rings. The van der Waals surface area contributed by atoms with E-state index >= 15 is 0 Å². The molecule has 1 aromatic carbocycles. The highest BCUT2D eigenvalue weighted by Gasteiger charge is 2.21. The lowest BCUT2D eigenvalue weighted by Crippen LogP contribution is -2.41. The summed E-state index contributed by atoms with van der Waals surface area (Å²) in [5, 5.41) is 3.56. The van der Waals surface area contributed by atoms with Gasteiger partial charge in [0.05, 0.1) is 0 Å². The summed E-state index contributed by atoms with van der Waals surface area (Å²) in [5.41, 5.74) is 0.811. The summed E-state index contributed by atoms with van der Waals surface area (Å²) in [4.78, 5) is 2.39. The van der Waals surface area contributed by atoms with Crippen LogP contribution in [0.3, 0.4) is 0 Å².